The Morgan fingerprint density at radius 2 is 2.38 bits per heavy atom. The molecule has 5 nitrogen and oxygen atoms in total. The van der Waals surface area contributed by atoms with Crippen LogP contribution in [-0.4, -0.2) is 24.2 Å². The van der Waals surface area contributed by atoms with Crippen molar-refractivity contribution in [2.45, 2.75) is 12.5 Å². The number of benzene rings is 1. The average molecular weight is 222 g/mol. The van der Waals surface area contributed by atoms with Crippen LogP contribution in [0.4, 0.5) is 5.69 Å². The maximum Gasteiger partial charge on any atom is 0.227 e. The minimum absolute atomic E-state index is 0.0851. The highest BCUT2D eigenvalue weighted by Gasteiger charge is 2.15. The molecule has 0 radical (unpaired) electrons. The van der Waals surface area contributed by atoms with Crippen LogP contribution in [0.3, 0.4) is 0 Å². The van der Waals surface area contributed by atoms with Crippen LogP contribution in [0.25, 0.3) is 0 Å². The number of carbonyl (C=O) groups excluding carboxylic acids is 1. The molecular formula is C11H14N2O3. The zero-order valence-corrected chi connectivity index (χ0v) is 8.77. The monoisotopic (exact) mass is 222 g/mol. The van der Waals surface area contributed by atoms with Crippen molar-refractivity contribution in [1.29, 1.82) is 0 Å². The molecule has 1 aliphatic rings. The van der Waals surface area contributed by atoms with Gasteiger partial charge in [-0.3, -0.25) is 4.79 Å². The second kappa shape index (κ2) is 4.51. The Balaban J connectivity index is 2.32. The quantitative estimate of drug-likeness (QED) is 0.676. The van der Waals surface area contributed by atoms with Crippen LogP contribution in [0.1, 0.15) is 18.1 Å². The molecule has 1 aromatic carbocycles. The summed E-state index contributed by atoms with van der Waals surface area (Å²) >= 11 is 0. The number of hydrogen-bond donors (Lipinski definition) is 3. The van der Waals surface area contributed by atoms with Crippen LogP contribution < -0.4 is 15.8 Å². The molecule has 0 saturated carbocycles. The van der Waals surface area contributed by atoms with E-state index >= 15 is 0 Å². The van der Waals surface area contributed by atoms with Gasteiger partial charge < -0.3 is 20.9 Å². The highest BCUT2D eigenvalue weighted by atomic mass is 16.5. The van der Waals surface area contributed by atoms with E-state index < -0.39 is 6.10 Å². The third-order valence-electron chi connectivity index (χ3n) is 2.47. The van der Waals surface area contributed by atoms with E-state index in [9.17, 15) is 9.90 Å². The smallest absolute Gasteiger partial charge is 0.227 e. The summed E-state index contributed by atoms with van der Waals surface area (Å²) < 4.78 is 5.39. The Hall–Kier alpha value is -1.59. The number of anilines is 1. The molecule has 0 aromatic heterocycles. The van der Waals surface area contributed by atoms with Gasteiger partial charge in [0.05, 0.1) is 24.8 Å². The molecule has 0 aliphatic carbocycles. The molecule has 5 heteroatoms. The molecule has 1 aliphatic heterocycles. The van der Waals surface area contributed by atoms with Crippen LogP contribution in [0.15, 0.2) is 18.2 Å². The van der Waals surface area contributed by atoms with Gasteiger partial charge in [0.1, 0.15) is 5.75 Å². The van der Waals surface area contributed by atoms with Gasteiger partial charge in [0, 0.05) is 6.54 Å². The zero-order chi connectivity index (χ0) is 11.5. The number of amides is 1. The number of nitrogens with one attached hydrogen (secondary N) is 1. The summed E-state index contributed by atoms with van der Waals surface area (Å²) in [7, 11) is 0. The van der Waals surface area contributed by atoms with Gasteiger partial charge in [-0.15, -0.1) is 0 Å². The minimum atomic E-state index is -0.717. The number of aliphatic hydroxyl groups is 1. The first-order chi connectivity index (χ1) is 7.70. The van der Waals surface area contributed by atoms with Crippen molar-refractivity contribution in [3.05, 3.63) is 23.8 Å². The Bertz CT molecular complexity index is 406. The second-order valence-corrected chi connectivity index (χ2v) is 3.65. The second-order valence-electron chi connectivity index (χ2n) is 3.65. The molecule has 4 N–H and O–H groups in total. The number of aliphatic hydroxyl groups excluding tert-OH is 1. The van der Waals surface area contributed by atoms with Crippen LogP contribution in [0.5, 0.6) is 5.75 Å². The Morgan fingerprint density at radius 1 is 1.56 bits per heavy atom. The van der Waals surface area contributed by atoms with Crippen LogP contribution in [0, 0.1) is 0 Å². The van der Waals surface area contributed by atoms with Crippen LogP contribution in [0.2, 0.25) is 0 Å². The summed E-state index contributed by atoms with van der Waals surface area (Å²) in [4.78, 5) is 11.3. The van der Waals surface area contributed by atoms with Crippen molar-refractivity contribution in [2.24, 2.45) is 5.73 Å². The number of rotatable bonds is 2. The fraction of sp³-hybridized carbons (Fsp3) is 0.364. The molecule has 0 spiro atoms. The molecule has 0 fully saturated rings. The van der Waals surface area contributed by atoms with E-state index in [2.05, 4.69) is 5.32 Å². The Labute approximate surface area is 93.2 Å². The molecule has 2 rings (SSSR count). The van der Waals surface area contributed by atoms with Crippen molar-refractivity contribution in [3.63, 3.8) is 0 Å². The normalized spacial score (nSPS) is 16.8. The number of hydrogen-bond acceptors (Lipinski definition) is 4. The van der Waals surface area contributed by atoms with E-state index in [-0.39, 0.29) is 12.5 Å². The van der Waals surface area contributed by atoms with E-state index in [1.165, 1.54) is 0 Å². The van der Waals surface area contributed by atoms with E-state index in [4.69, 9.17) is 10.5 Å². The minimum Gasteiger partial charge on any atom is -0.491 e. The SMILES string of the molecule is NCC(O)c1ccc2c(c1)NC(=O)CCO2. The van der Waals surface area contributed by atoms with Gasteiger partial charge in [-0.2, -0.15) is 0 Å². The Kier molecular flexibility index (Phi) is 3.07. The summed E-state index contributed by atoms with van der Waals surface area (Å²) in [5.41, 5.74) is 6.63. The van der Waals surface area contributed by atoms with Crippen molar-refractivity contribution < 1.29 is 14.6 Å². The molecule has 1 atom stereocenters. The highest BCUT2D eigenvalue weighted by molar-refractivity contribution is 5.93. The predicted molar refractivity (Wildman–Crippen MR) is 59.2 cm³/mol. The summed E-state index contributed by atoms with van der Waals surface area (Å²) in [6.45, 7) is 0.519. The van der Waals surface area contributed by atoms with Gasteiger partial charge in [-0.25, -0.2) is 0 Å². The van der Waals surface area contributed by atoms with Gasteiger partial charge in [0.15, 0.2) is 0 Å². The van der Waals surface area contributed by atoms with E-state index in [1.54, 1.807) is 18.2 Å². The molecule has 0 bridgehead atoms. The lowest BCUT2D eigenvalue weighted by Gasteiger charge is -2.12. The molecule has 1 heterocycles. The van der Waals surface area contributed by atoms with E-state index in [0.29, 0.717) is 30.0 Å². The van der Waals surface area contributed by atoms with Crippen LogP contribution in [-0.2, 0) is 4.79 Å². The van der Waals surface area contributed by atoms with Crippen molar-refractivity contribution in [3.8, 4) is 5.75 Å². The van der Waals surface area contributed by atoms with Crippen LogP contribution >= 0.6 is 0 Å². The average Bonchev–Trinajstić information content (AvgIpc) is 2.47. The molecular weight excluding hydrogens is 208 g/mol. The predicted octanol–water partition coefficient (Wildman–Crippen LogP) is 0.400. The number of nitrogens with two attached hydrogens (primary N) is 1. The van der Waals surface area contributed by atoms with Gasteiger partial charge in [-0.05, 0) is 17.7 Å². The largest absolute Gasteiger partial charge is 0.491 e. The summed E-state index contributed by atoms with van der Waals surface area (Å²) in [5.74, 6) is 0.539. The van der Waals surface area contributed by atoms with Crippen molar-refractivity contribution >= 4 is 11.6 Å². The number of carbonyl (C=O) groups is 1. The zero-order valence-electron chi connectivity index (χ0n) is 8.77. The maximum absolute atomic E-state index is 11.3. The standard InChI is InChI=1S/C11H14N2O3/c12-6-9(14)7-1-2-10-8(5-7)13-11(15)3-4-16-10/h1-2,5,9,14H,3-4,6,12H2,(H,13,15). The van der Waals surface area contributed by atoms with E-state index in [1.807, 2.05) is 0 Å². The lowest BCUT2D eigenvalue weighted by Crippen LogP contribution is -2.13. The first kappa shape index (κ1) is 10.9. The van der Waals surface area contributed by atoms with Gasteiger partial charge in [0.25, 0.3) is 0 Å². The fourth-order valence-corrected chi connectivity index (χ4v) is 1.58. The number of fused-ring (bicyclic) bond motifs is 1. The molecule has 1 amide bonds. The summed E-state index contributed by atoms with van der Waals surface area (Å²) in [6.07, 6.45) is -0.380. The summed E-state index contributed by atoms with van der Waals surface area (Å²) in [5, 5.41) is 12.3. The molecule has 1 unspecified atom stereocenters. The molecule has 16 heavy (non-hydrogen) atoms. The van der Waals surface area contributed by atoms with Crippen molar-refractivity contribution in [2.75, 3.05) is 18.5 Å². The molecule has 0 saturated heterocycles. The summed E-state index contributed by atoms with van der Waals surface area (Å²) in [6, 6.07) is 5.17. The number of ether oxygens (including phenoxy) is 1. The first-order valence-corrected chi connectivity index (χ1v) is 5.15. The highest BCUT2D eigenvalue weighted by Crippen LogP contribution is 2.29. The molecule has 1 aromatic rings. The van der Waals surface area contributed by atoms with Gasteiger partial charge >= 0.3 is 0 Å². The van der Waals surface area contributed by atoms with E-state index in [0.717, 1.165) is 0 Å². The third kappa shape index (κ3) is 2.15. The van der Waals surface area contributed by atoms with Gasteiger partial charge in [-0.1, -0.05) is 6.07 Å². The third-order valence-corrected chi connectivity index (χ3v) is 2.47. The first-order valence-electron chi connectivity index (χ1n) is 5.15. The maximum atomic E-state index is 11.3. The van der Waals surface area contributed by atoms with Crippen molar-refractivity contribution in [1.82, 2.24) is 0 Å². The topological polar surface area (TPSA) is 84.6 Å². The lowest BCUT2D eigenvalue weighted by atomic mass is 10.1. The molecule has 86 valence electrons. The Morgan fingerprint density at radius 3 is 3.12 bits per heavy atom. The fourth-order valence-electron chi connectivity index (χ4n) is 1.58. The van der Waals surface area contributed by atoms with Gasteiger partial charge in [0.2, 0.25) is 5.91 Å². The lowest BCUT2D eigenvalue weighted by molar-refractivity contribution is -0.116.